The van der Waals surface area contributed by atoms with Crippen LogP contribution in [0.25, 0.3) is 10.9 Å². The minimum Gasteiger partial charge on any atom is -0.481 e. The molecular formula is C10H11N3O2. The molecule has 3 N–H and O–H groups in total. The van der Waals surface area contributed by atoms with E-state index in [-0.39, 0.29) is 6.42 Å². The average Bonchev–Trinajstić information content (AvgIpc) is 2.59. The van der Waals surface area contributed by atoms with E-state index in [1.165, 1.54) is 0 Å². The third kappa shape index (κ3) is 1.76. The molecule has 1 heterocycles. The third-order valence-corrected chi connectivity index (χ3v) is 2.22. The molecule has 5 heteroatoms. The van der Waals surface area contributed by atoms with Gasteiger partial charge in [0.05, 0.1) is 11.9 Å². The highest BCUT2D eigenvalue weighted by molar-refractivity contribution is 5.90. The Labute approximate surface area is 86.1 Å². The molecule has 78 valence electrons. The van der Waals surface area contributed by atoms with Gasteiger partial charge in [-0.3, -0.25) is 9.89 Å². The summed E-state index contributed by atoms with van der Waals surface area (Å²) >= 11 is 0. The van der Waals surface area contributed by atoms with Crippen LogP contribution in [0.1, 0.15) is 5.56 Å². The van der Waals surface area contributed by atoms with Crippen molar-refractivity contribution in [2.75, 3.05) is 12.4 Å². The van der Waals surface area contributed by atoms with E-state index in [0.717, 1.165) is 22.3 Å². The molecule has 2 aromatic rings. The van der Waals surface area contributed by atoms with Gasteiger partial charge in [0.1, 0.15) is 0 Å². The number of H-pyrrole nitrogens is 1. The van der Waals surface area contributed by atoms with E-state index in [2.05, 4.69) is 15.5 Å². The summed E-state index contributed by atoms with van der Waals surface area (Å²) in [5, 5.41) is 19.4. The molecule has 0 saturated carbocycles. The number of fused-ring (bicyclic) bond motifs is 1. The molecule has 5 nitrogen and oxygen atoms in total. The van der Waals surface area contributed by atoms with Crippen LogP contribution in [0.5, 0.6) is 0 Å². The van der Waals surface area contributed by atoms with Gasteiger partial charge < -0.3 is 10.4 Å². The van der Waals surface area contributed by atoms with Gasteiger partial charge in [-0.25, -0.2) is 0 Å². The van der Waals surface area contributed by atoms with Crippen molar-refractivity contribution in [1.29, 1.82) is 0 Å². The molecule has 1 aromatic carbocycles. The number of anilines is 1. The molecule has 15 heavy (non-hydrogen) atoms. The van der Waals surface area contributed by atoms with Crippen LogP contribution in [0.3, 0.4) is 0 Å². The molecule has 0 unspecified atom stereocenters. The van der Waals surface area contributed by atoms with Gasteiger partial charge in [0, 0.05) is 12.4 Å². The second-order valence-corrected chi connectivity index (χ2v) is 3.27. The van der Waals surface area contributed by atoms with Crippen molar-refractivity contribution in [3.05, 3.63) is 23.8 Å². The minimum absolute atomic E-state index is 0.0320. The lowest BCUT2D eigenvalue weighted by atomic mass is 10.1. The number of carbonyl (C=O) groups is 1. The molecule has 0 atom stereocenters. The molecule has 0 aliphatic rings. The molecule has 0 amide bonds. The van der Waals surface area contributed by atoms with E-state index >= 15 is 0 Å². The molecule has 1 aromatic heterocycles. The minimum atomic E-state index is -0.830. The number of nitrogens with one attached hydrogen (secondary N) is 2. The predicted molar refractivity (Wildman–Crippen MR) is 57.0 cm³/mol. The van der Waals surface area contributed by atoms with Gasteiger partial charge in [0.2, 0.25) is 0 Å². The molecule has 0 aliphatic carbocycles. The van der Waals surface area contributed by atoms with Crippen LogP contribution in [0.4, 0.5) is 5.82 Å². The molecule has 0 fully saturated rings. The van der Waals surface area contributed by atoms with Crippen molar-refractivity contribution in [2.45, 2.75) is 6.42 Å². The summed E-state index contributed by atoms with van der Waals surface area (Å²) in [6.45, 7) is 0. The Hall–Kier alpha value is -2.04. The van der Waals surface area contributed by atoms with Crippen molar-refractivity contribution in [3.8, 4) is 0 Å². The highest BCUT2D eigenvalue weighted by atomic mass is 16.4. The Morgan fingerprint density at radius 2 is 2.40 bits per heavy atom. The SMILES string of the molecule is CNc1n[nH]c2ccc(CC(=O)O)cc12. The van der Waals surface area contributed by atoms with Crippen LogP contribution in [0, 0.1) is 0 Å². The zero-order valence-electron chi connectivity index (χ0n) is 8.24. The zero-order chi connectivity index (χ0) is 10.8. The predicted octanol–water partition coefficient (Wildman–Crippen LogP) is 1.23. The first-order valence-electron chi connectivity index (χ1n) is 4.57. The molecule has 0 bridgehead atoms. The van der Waals surface area contributed by atoms with Crippen LogP contribution in [0.2, 0.25) is 0 Å². The summed E-state index contributed by atoms with van der Waals surface area (Å²) < 4.78 is 0. The fraction of sp³-hybridized carbons (Fsp3) is 0.200. The molecule has 0 spiro atoms. The number of aromatic nitrogens is 2. The number of rotatable bonds is 3. The van der Waals surface area contributed by atoms with E-state index < -0.39 is 5.97 Å². The number of carboxylic acids is 1. The summed E-state index contributed by atoms with van der Waals surface area (Å²) in [7, 11) is 1.78. The molecular weight excluding hydrogens is 194 g/mol. The molecule has 0 radical (unpaired) electrons. The van der Waals surface area contributed by atoms with E-state index in [0.29, 0.717) is 0 Å². The highest BCUT2D eigenvalue weighted by Gasteiger charge is 2.06. The largest absolute Gasteiger partial charge is 0.481 e. The number of hydrogen-bond acceptors (Lipinski definition) is 3. The average molecular weight is 205 g/mol. The monoisotopic (exact) mass is 205 g/mol. The third-order valence-electron chi connectivity index (χ3n) is 2.22. The number of benzene rings is 1. The van der Waals surface area contributed by atoms with Crippen LogP contribution >= 0.6 is 0 Å². The summed E-state index contributed by atoms with van der Waals surface area (Å²) in [4.78, 5) is 10.6. The maximum absolute atomic E-state index is 10.6. The van der Waals surface area contributed by atoms with Gasteiger partial charge in [-0.1, -0.05) is 6.07 Å². The molecule has 0 saturated heterocycles. The Morgan fingerprint density at radius 1 is 1.60 bits per heavy atom. The van der Waals surface area contributed by atoms with Gasteiger partial charge in [-0.2, -0.15) is 5.10 Å². The fourth-order valence-electron chi connectivity index (χ4n) is 1.54. The number of carboxylic acid groups (broad SMARTS) is 1. The summed E-state index contributed by atoms with van der Waals surface area (Å²) in [5.41, 5.74) is 1.67. The number of aromatic amines is 1. The van der Waals surface area contributed by atoms with Gasteiger partial charge in [-0.05, 0) is 17.7 Å². The normalized spacial score (nSPS) is 10.5. The lowest BCUT2D eigenvalue weighted by Gasteiger charge is -1.98. The fourth-order valence-corrected chi connectivity index (χ4v) is 1.54. The first-order valence-corrected chi connectivity index (χ1v) is 4.57. The van der Waals surface area contributed by atoms with Gasteiger partial charge in [0.25, 0.3) is 0 Å². The van der Waals surface area contributed by atoms with Crippen LogP contribution in [0.15, 0.2) is 18.2 Å². The van der Waals surface area contributed by atoms with Crippen molar-refractivity contribution < 1.29 is 9.90 Å². The van der Waals surface area contributed by atoms with Gasteiger partial charge in [0.15, 0.2) is 5.82 Å². The summed E-state index contributed by atoms with van der Waals surface area (Å²) in [6.07, 6.45) is 0.0320. The van der Waals surface area contributed by atoms with Crippen molar-refractivity contribution >= 4 is 22.7 Å². The Balaban J connectivity index is 2.47. The lowest BCUT2D eigenvalue weighted by Crippen LogP contribution is -1.99. The summed E-state index contributed by atoms with van der Waals surface area (Å²) in [6, 6.07) is 5.45. The van der Waals surface area contributed by atoms with Crippen molar-refractivity contribution in [3.63, 3.8) is 0 Å². The van der Waals surface area contributed by atoms with E-state index in [1.54, 1.807) is 13.1 Å². The smallest absolute Gasteiger partial charge is 0.307 e. The lowest BCUT2D eigenvalue weighted by molar-refractivity contribution is -0.136. The second-order valence-electron chi connectivity index (χ2n) is 3.27. The van der Waals surface area contributed by atoms with Crippen LogP contribution < -0.4 is 5.32 Å². The van der Waals surface area contributed by atoms with E-state index in [4.69, 9.17) is 5.11 Å². The Morgan fingerprint density at radius 3 is 3.07 bits per heavy atom. The molecule has 0 aliphatic heterocycles. The maximum atomic E-state index is 10.6. The first-order chi connectivity index (χ1) is 7.20. The second kappa shape index (κ2) is 3.61. The first kappa shape index (κ1) is 9.51. The molecule has 2 rings (SSSR count). The van der Waals surface area contributed by atoms with E-state index in [9.17, 15) is 4.79 Å². The zero-order valence-corrected chi connectivity index (χ0v) is 8.24. The highest BCUT2D eigenvalue weighted by Crippen LogP contribution is 2.21. The van der Waals surface area contributed by atoms with Crippen molar-refractivity contribution in [2.24, 2.45) is 0 Å². The standard InChI is InChI=1S/C10H11N3O2/c1-11-10-7-4-6(5-9(14)15)2-3-8(7)12-13-10/h2-4H,5H2,1H3,(H,14,15)(H2,11,12,13). The van der Waals surface area contributed by atoms with Gasteiger partial charge in [-0.15, -0.1) is 0 Å². The topological polar surface area (TPSA) is 78.0 Å². The van der Waals surface area contributed by atoms with E-state index in [1.807, 2.05) is 12.1 Å². The van der Waals surface area contributed by atoms with Crippen LogP contribution in [-0.4, -0.2) is 28.3 Å². The quantitative estimate of drug-likeness (QED) is 0.704. The Kier molecular flexibility index (Phi) is 2.29. The van der Waals surface area contributed by atoms with Crippen molar-refractivity contribution in [1.82, 2.24) is 10.2 Å². The van der Waals surface area contributed by atoms with Gasteiger partial charge >= 0.3 is 5.97 Å². The Bertz CT molecular complexity index is 504. The number of hydrogen-bond donors (Lipinski definition) is 3. The number of nitrogens with zero attached hydrogens (tertiary/aromatic N) is 1. The number of aliphatic carboxylic acids is 1. The van der Waals surface area contributed by atoms with Crippen LogP contribution in [-0.2, 0) is 11.2 Å². The summed E-state index contributed by atoms with van der Waals surface area (Å²) in [5.74, 6) is -0.0962. The maximum Gasteiger partial charge on any atom is 0.307 e.